The van der Waals surface area contributed by atoms with E-state index in [1.807, 2.05) is 12.4 Å². The van der Waals surface area contributed by atoms with Crippen molar-refractivity contribution in [2.45, 2.75) is 25.4 Å². The fourth-order valence-corrected chi connectivity index (χ4v) is 2.91. The predicted molar refractivity (Wildman–Crippen MR) is 79.1 cm³/mol. The fourth-order valence-electron chi connectivity index (χ4n) is 2.91. The molecule has 0 spiro atoms. The molecule has 1 aliphatic heterocycles. The molecule has 0 bridgehead atoms. The molecular formula is C16H21N3. The number of likely N-dealkylation sites (tertiary alicyclic amines) is 1. The van der Waals surface area contributed by atoms with Gasteiger partial charge in [0.1, 0.15) is 0 Å². The minimum absolute atomic E-state index is 0.609. The molecular weight excluding hydrogens is 234 g/mol. The van der Waals surface area contributed by atoms with Gasteiger partial charge in [0.2, 0.25) is 0 Å². The second kappa shape index (κ2) is 5.68. The molecule has 19 heavy (non-hydrogen) atoms. The maximum absolute atomic E-state index is 4.34. The number of aromatic nitrogens is 1. The maximum atomic E-state index is 4.34. The molecule has 0 aliphatic carbocycles. The lowest BCUT2D eigenvalue weighted by Gasteiger charge is -2.30. The van der Waals surface area contributed by atoms with Gasteiger partial charge in [-0.2, -0.15) is 0 Å². The van der Waals surface area contributed by atoms with Gasteiger partial charge in [0, 0.05) is 36.9 Å². The van der Waals surface area contributed by atoms with E-state index in [9.17, 15) is 0 Å². The molecule has 100 valence electrons. The van der Waals surface area contributed by atoms with E-state index in [4.69, 9.17) is 0 Å². The van der Waals surface area contributed by atoms with Crippen LogP contribution >= 0.6 is 0 Å². The van der Waals surface area contributed by atoms with Crippen molar-refractivity contribution in [2.75, 3.05) is 20.1 Å². The van der Waals surface area contributed by atoms with Gasteiger partial charge < -0.3 is 10.2 Å². The monoisotopic (exact) mass is 255 g/mol. The Labute approximate surface area is 114 Å². The van der Waals surface area contributed by atoms with Crippen LogP contribution < -0.4 is 5.32 Å². The Morgan fingerprint density at radius 2 is 2.21 bits per heavy atom. The molecule has 0 saturated carbocycles. The zero-order valence-corrected chi connectivity index (χ0v) is 11.5. The second-order valence-corrected chi connectivity index (χ2v) is 5.50. The van der Waals surface area contributed by atoms with E-state index in [0.717, 1.165) is 13.1 Å². The maximum Gasteiger partial charge on any atom is 0.0346 e. The summed E-state index contributed by atoms with van der Waals surface area (Å²) >= 11 is 0. The summed E-state index contributed by atoms with van der Waals surface area (Å²) in [5.74, 6) is 0. The highest BCUT2D eigenvalue weighted by atomic mass is 15.1. The minimum Gasteiger partial charge on any atom is -0.309 e. The topological polar surface area (TPSA) is 28.2 Å². The van der Waals surface area contributed by atoms with Gasteiger partial charge in [-0.25, -0.2) is 0 Å². The summed E-state index contributed by atoms with van der Waals surface area (Å²) in [7, 11) is 2.20. The zero-order chi connectivity index (χ0) is 13.1. The molecule has 0 radical (unpaired) electrons. The Morgan fingerprint density at radius 3 is 3.11 bits per heavy atom. The van der Waals surface area contributed by atoms with Gasteiger partial charge in [-0.15, -0.1) is 0 Å². The van der Waals surface area contributed by atoms with Crippen LogP contribution in [-0.4, -0.2) is 36.1 Å². The van der Waals surface area contributed by atoms with Gasteiger partial charge in [0.25, 0.3) is 0 Å². The highest BCUT2D eigenvalue weighted by Gasteiger charge is 2.16. The third kappa shape index (κ3) is 2.94. The minimum atomic E-state index is 0.609. The summed E-state index contributed by atoms with van der Waals surface area (Å²) in [5.41, 5.74) is 1.30. The molecule has 1 saturated heterocycles. The van der Waals surface area contributed by atoms with Crippen LogP contribution in [0.1, 0.15) is 18.4 Å². The molecule has 1 aromatic heterocycles. The predicted octanol–water partition coefficient (Wildman–Crippen LogP) is 2.42. The smallest absolute Gasteiger partial charge is 0.0346 e. The van der Waals surface area contributed by atoms with Crippen molar-refractivity contribution in [2.24, 2.45) is 0 Å². The lowest BCUT2D eigenvalue weighted by atomic mass is 10.0. The third-order valence-electron chi connectivity index (χ3n) is 3.96. The van der Waals surface area contributed by atoms with E-state index in [2.05, 4.69) is 46.5 Å². The fraction of sp³-hybridized carbons (Fsp3) is 0.438. The van der Waals surface area contributed by atoms with E-state index in [1.54, 1.807) is 0 Å². The van der Waals surface area contributed by atoms with Crippen LogP contribution in [0.5, 0.6) is 0 Å². The van der Waals surface area contributed by atoms with Gasteiger partial charge in [-0.3, -0.25) is 4.98 Å². The number of nitrogens with zero attached hydrogens (tertiary/aromatic N) is 2. The highest BCUT2D eigenvalue weighted by Crippen LogP contribution is 2.17. The first kappa shape index (κ1) is 12.6. The number of hydrogen-bond donors (Lipinski definition) is 1. The van der Waals surface area contributed by atoms with Crippen molar-refractivity contribution in [3.8, 4) is 0 Å². The van der Waals surface area contributed by atoms with Crippen LogP contribution in [0, 0.1) is 0 Å². The number of pyridine rings is 1. The lowest BCUT2D eigenvalue weighted by Crippen LogP contribution is -2.43. The van der Waals surface area contributed by atoms with E-state index in [1.165, 1.54) is 35.7 Å². The second-order valence-electron chi connectivity index (χ2n) is 5.50. The molecule has 1 N–H and O–H groups in total. The number of hydrogen-bond acceptors (Lipinski definition) is 3. The largest absolute Gasteiger partial charge is 0.309 e. The lowest BCUT2D eigenvalue weighted by molar-refractivity contribution is 0.226. The quantitative estimate of drug-likeness (QED) is 0.913. The Morgan fingerprint density at radius 1 is 1.32 bits per heavy atom. The molecule has 1 aliphatic rings. The summed E-state index contributed by atoms with van der Waals surface area (Å²) in [6.45, 7) is 3.29. The molecule has 2 aromatic rings. The normalized spacial score (nSPS) is 20.8. The molecule has 1 aromatic carbocycles. The summed E-state index contributed by atoms with van der Waals surface area (Å²) in [6.07, 6.45) is 6.50. The van der Waals surface area contributed by atoms with Crippen molar-refractivity contribution in [1.82, 2.24) is 15.2 Å². The molecule has 3 rings (SSSR count). The Bertz CT molecular complexity index is 547. The van der Waals surface area contributed by atoms with Gasteiger partial charge >= 0.3 is 0 Å². The first-order valence-corrected chi connectivity index (χ1v) is 7.06. The standard InChI is InChI=1S/C16H21N3/c1-19-8-4-6-15(12-19)18-11-14-10-17-9-13-5-2-3-7-16(13)14/h2-3,5,7,9-10,15,18H,4,6,8,11-12H2,1H3. The first-order valence-electron chi connectivity index (χ1n) is 7.06. The van der Waals surface area contributed by atoms with Gasteiger partial charge in [-0.1, -0.05) is 24.3 Å². The van der Waals surface area contributed by atoms with Crippen molar-refractivity contribution < 1.29 is 0 Å². The van der Waals surface area contributed by atoms with Crippen molar-refractivity contribution in [3.63, 3.8) is 0 Å². The molecule has 1 unspecified atom stereocenters. The van der Waals surface area contributed by atoms with Gasteiger partial charge in [-0.05, 0) is 37.4 Å². The Hall–Kier alpha value is -1.45. The zero-order valence-electron chi connectivity index (χ0n) is 11.5. The SMILES string of the molecule is CN1CCCC(NCc2cncc3ccccc23)C1. The number of rotatable bonds is 3. The van der Waals surface area contributed by atoms with Crippen LogP contribution in [0.3, 0.4) is 0 Å². The summed E-state index contributed by atoms with van der Waals surface area (Å²) in [6, 6.07) is 9.08. The number of fused-ring (bicyclic) bond motifs is 1. The van der Waals surface area contributed by atoms with Crippen molar-refractivity contribution >= 4 is 10.8 Å². The van der Waals surface area contributed by atoms with Gasteiger partial charge in [0.05, 0.1) is 0 Å². The highest BCUT2D eigenvalue weighted by molar-refractivity contribution is 5.84. The van der Waals surface area contributed by atoms with Crippen LogP contribution in [0.25, 0.3) is 10.8 Å². The van der Waals surface area contributed by atoms with Crippen LogP contribution in [0.2, 0.25) is 0 Å². The van der Waals surface area contributed by atoms with E-state index in [-0.39, 0.29) is 0 Å². The van der Waals surface area contributed by atoms with Gasteiger partial charge in [0.15, 0.2) is 0 Å². The van der Waals surface area contributed by atoms with E-state index in [0.29, 0.717) is 6.04 Å². The number of piperidine rings is 1. The number of benzene rings is 1. The molecule has 1 atom stereocenters. The van der Waals surface area contributed by atoms with E-state index >= 15 is 0 Å². The Kier molecular flexibility index (Phi) is 3.76. The third-order valence-corrected chi connectivity index (χ3v) is 3.96. The average Bonchev–Trinajstić information content (AvgIpc) is 2.45. The molecule has 3 nitrogen and oxygen atoms in total. The Balaban J connectivity index is 1.71. The number of likely N-dealkylation sites (N-methyl/N-ethyl adjacent to an activating group) is 1. The molecule has 2 heterocycles. The molecule has 0 amide bonds. The van der Waals surface area contributed by atoms with Crippen LogP contribution in [0.15, 0.2) is 36.7 Å². The van der Waals surface area contributed by atoms with Crippen LogP contribution in [0.4, 0.5) is 0 Å². The molecule has 3 heteroatoms. The summed E-state index contributed by atoms with van der Waals surface area (Å²) in [4.78, 5) is 6.75. The number of nitrogens with one attached hydrogen (secondary N) is 1. The van der Waals surface area contributed by atoms with E-state index < -0.39 is 0 Å². The van der Waals surface area contributed by atoms with Crippen LogP contribution in [-0.2, 0) is 6.54 Å². The van der Waals surface area contributed by atoms with Crippen molar-refractivity contribution in [3.05, 3.63) is 42.2 Å². The first-order chi connectivity index (χ1) is 9.33. The summed E-state index contributed by atoms with van der Waals surface area (Å²) in [5, 5.41) is 6.22. The summed E-state index contributed by atoms with van der Waals surface area (Å²) < 4.78 is 0. The molecule has 1 fully saturated rings. The average molecular weight is 255 g/mol. The van der Waals surface area contributed by atoms with Crippen molar-refractivity contribution in [1.29, 1.82) is 0 Å².